The van der Waals surface area contributed by atoms with E-state index in [1.807, 2.05) is 0 Å². The highest BCUT2D eigenvalue weighted by atomic mass is 16.3. The van der Waals surface area contributed by atoms with Gasteiger partial charge in [-0.1, -0.05) is 40.0 Å². The molecule has 0 saturated heterocycles. The summed E-state index contributed by atoms with van der Waals surface area (Å²) in [5, 5.41) is 9.56. The Kier molecular flexibility index (Phi) is 3.78. The average Bonchev–Trinajstić information content (AvgIpc) is 2.17. The molecule has 0 aliphatic heterocycles. The predicted octanol–water partition coefficient (Wildman–Crippen LogP) is 3.22. The Labute approximate surface area is 82.5 Å². The van der Waals surface area contributed by atoms with Crippen LogP contribution in [0, 0.1) is 17.3 Å². The van der Waals surface area contributed by atoms with Gasteiger partial charge in [-0.15, -0.1) is 0 Å². The second kappa shape index (κ2) is 4.45. The lowest BCUT2D eigenvalue weighted by Gasteiger charge is -2.42. The minimum atomic E-state index is 0.256. The molecule has 0 aromatic rings. The van der Waals surface area contributed by atoms with Crippen molar-refractivity contribution in [1.82, 2.24) is 0 Å². The Balaban J connectivity index is 2.66. The molecule has 1 aliphatic rings. The van der Waals surface area contributed by atoms with E-state index < -0.39 is 0 Å². The molecular weight excluding hydrogens is 160 g/mol. The summed E-state index contributed by atoms with van der Waals surface area (Å²) >= 11 is 0. The molecule has 0 spiro atoms. The van der Waals surface area contributed by atoms with Crippen molar-refractivity contribution in [2.75, 3.05) is 6.61 Å². The predicted molar refractivity (Wildman–Crippen MR) is 56.6 cm³/mol. The standard InChI is InChI=1S/C12H24O/c1-10(2)11(3)12(9-13)7-5-4-6-8-12/h10-11,13H,4-9H2,1-3H3. The van der Waals surface area contributed by atoms with Crippen LogP contribution in [0.15, 0.2) is 0 Å². The molecule has 1 rings (SSSR count). The van der Waals surface area contributed by atoms with Gasteiger partial charge < -0.3 is 5.11 Å². The Bertz CT molecular complexity index is 145. The number of rotatable bonds is 3. The molecule has 0 heterocycles. The van der Waals surface area contributed by atoms with Gasteiger partial charge in [0.05, 0.1) is 0 Å². The van der Waals surface area contributed by atoms with Crippen LogP contribution >= 0.6 is 0 Å². The fraction of sp³-hybridized carbons (Fsp3) is 1.00. The van der Waals surface area contributed by atoms with Crippen molar-refractivity contribution in [1.29, 1.82) is 0 Å². The van der Waals surface area contributed by atoms with E-state index in [4.69, 9.17) is 0 Å². The molecular formula is C12H24O. The molecule has 1 aliphatic carbocycles. The van der Waals surface area contributed by atoms with Crippen LogP contribution in [0.2, 0.25) is 0 Å². The zero-order valence-electron chi connectivity index (χ0n) is 9.34. The molecule has 0 aromatic heterocycles. The van der Waals surface area contributed by atoms with Gasteiger partial charge in [0, 0.05) is 6.61 Å². The van der Waals surface area contributed by atoms with E-state index in [0.717, 1.165) is 0 Å². The number of hydrogen-bond acceptors (Lipinski definition) is 1. The summed E-state index contributed by atoms with van der Waals surface area (Å²) in [4.78, 5) is 0. The van der Waals surface area contributed by atoms with Crippen molar-refractivity contribution in [3.8, 4) is 0 Å². The van der Waals surface area contributed by atoms with Gasteiger partial charge in [-0.05, 0) is 30.1 Å². The average molecular weight is 184 g/mol. The maximum absolute atomic E-state index is 9.56. The minimum absolute atomic E-state index is 0.256. The SMILES string of the molecule is CC(C)C(C)C1(CO)CCCCC1. The molecule has 78 valence electrons. The number of aliphatic hydroxyl groups is 1. The van der Waals surface area contributed by atoms with E-state index in [2.05, 4.69) is 20.8 Å². The molecule has 0 bridgehead atoms. The van der Waals surface area contributed by atoms with Gasteiger partial charge in [-0.25, -0.2) is 0 Å². The van der Waals surface area contributed by atoms with Crippen LogP contribution in [-0.4, -0.2) is 11.7 Å². The first-order valence-electron chi connectivity index (χ1n) is 5.73. The van der Waals surface area contributed by atoms with E-state index in [0.29, 0.717) is 18.4 Å². The van der Waals surface area contributed by atoms with Gasteiger partial charge in [0.1, 0.15) is 0 Å². The second-order valence-electron chi connectivity index (χ2n) is 5.11. The number of hydrogen-bond donors (Lipinski definition) is 1. The van der Waals surface area contributed by atoms with Gasteiger partial charge in [0.15, 0.2) is 0 Å². The Morgan fingerprint density at radius 3 is 2.00 bits per heavy atom. The van der Waals surface area contributed by atoms with Crippen LogP contribution in [0.1, 0.15) is 52.9 Å². The molecule has 1 saturated carbocycles. The summed E-state index contributed by atoms with van der Waals surface area (Å²) in [6, 6.07) is 0. The highest BCUT2D eigenvalue weighted by molar-refractivity contribution is 4.87. The topological polar surface area (TPSA) is 20.2 Å². The van der Waals surface area contributed by atoms with E-state index in [-0.39, 0.29) is 5.41 Å². The lowest BCUT2D eigenvalue weighted by atomic mass is 9.64. The summed E-state index contributed by atoms with van der Waals surface area (Å²) in [7, 11) is 0. The third-order valence-corrected chi connectivity index (χ3v) is 4.13. The highest BCUT2D eigenvalue weighted by Crippen LogP contribution is 2.44. The van der Waals surface area contributed by atoms with Crippen molar-refractivity contribution < 1.29 is 5.11 Å². The van der Waals surface area contributed by atoms with Crippen LogP contribution in [0.25, 0.3) is 0 Å². The van der Waals surface area contributed by atoms with E-state index >= 15 is 0 Å². The van der Waals surface area contributed by atoms with Gasteiger partial charge in [0.25, 0.3) is 0 Å². The lowest BCUT2D eigenvalue weighted by molar-refractivity contribution is 0.0109. The molecule has 1 heteroatoms. The van der Waals surface area contributed by atoms with Gasteiger partial charge in [-0.3, -0.25) is 0 Å². The highest BCUT2D eigenvalue weighted by Gasteiger charge is 2.37. The smallest absolute Gasteiger partial charge is 0.0490 e. The van der Waals surface area contributed by atoms with Gasteiger partial charge >= 0.3 is 0 Å². The summed E-state index contributed by atoms with van der Waals surface area (Å²) in [5.74, 6) is 1.36. The quantitative estimate of drug-likeness (QED) is 0.714. The monoisotopic (exact) mass is 184 g/mol. The van der Waals surface area contributed by atoms with Crippen LogP contribution < -0.4 is 0 Å². The van der Waals surface area contributed by atoms with Gasteiger partial charge in [-0.2, -0.15) is 0 Å². The number of aliphatic hydroxyl groups excluding tert-OH is 1. The van der Waals surface area contributed by atoms with Crippen LogP contribution in [0.3, 0.4) is 0 Å². The van der Waals surface area contributed by atoms with Crippen molar-refractivity contribution in [2.45, 2.75) is 52.9 Å². The molecule has 1 nitrogen and oxygen atoms in total. The zero-order valence-corrected chi connectivity index (χ0v) is 9.34. The zero-order chi connectivity index (χ0) is 9.90. The van der Waals surface area contributed by atoms with Crippen molar-refractivity contribution in [3.63, 3.8) is 0 Å². The molecule has 0 amide bonds. The maximum atomic E-state index is 9.56. The first kappa shape index (κ1) is 11.0. The Hall–Kier alpha value is -0.0400. The van der Waals surface area contributed by atoms with Crippen LogP contribution in [0.4, 0.5) is 0 Å². The Morgan fingerprint density at radius 2 is 1.62 bits per heavy atom. The molecule has 1 unspecified atom stereocenters. The normalized spacial score (nSPS) is 24.7. The summed E-state index contributed by atoms with van der Waals surface area (Å²) in [6.45, 7) is 7.26. The fourth-order valence-electron chi connectivity index (χ4n) is 2.72. The van der Waals surface area contributed by atoms with Crippen LogP contribution in [0.5, 0.6) is 0 Å². The largest absolute Gasteiger partial charge is 0.396 e. The lowest BCUT2D eigenvalue weighted by Crippen LogP contribution is -2.37. The Morgan fingerprint density at radius 1 is 1.08 bits per heavy atom. The first-order chi connectivity index (χ1) is 6.12. The van der Waals surface area contributed by atoms with Crippen LogP contribution in [-0.2, 0) is 0 Å². The third-order valence-electron chi connectivity index (χ3n) is 4.13. The molecule has 0 aromatic carbocycles. The summed E-state index contributed by atoms with van der Waals surface area (Å²) in [6.07, 6.45) is 6.48. The maximum Gasteiger partial charge on any atom is 0.0490 e. The van der Waals surface area contributed by atoms with Crippen molar-refractivity contribution in [2.24, 2.45) is 17.3 Å². The van der Waals surface area contributed by atoms with Gasteiger partial charge in [0.2, 0.25) is 0 Å². The molecule has 0 radical (unpaired) electrons. The summed E-state index contributed by atoms with van der Waals surface area (Å²) < 4.78 is 0. The van der Waals surface area contributed by atoms with Crippen molar-refractivity contribution >= 4 is 0 Å². The third kappa shape index (κ3) is 2.25. The van der Waals surface area contributed by atoms with Crippen molar-refractivity contribution in [3.05, 3.63) is 0 Å². The molecule has 1 N–H and O–H groups in total. The van der Waals surface area contributed by atoms with E-state index in [1.165, 1.54) is 32.1 Å². The minimum Gasteiger partial charge on any atom is -0.396 e. The van der Waals surface area contributed by atoms with E-state index in [9.17, 15) is 5.11 Å². The molecule has 13 heavy (non-hydrogen) atoms. The second-order valence-corrected chi connectivity index (χ2v) is 5.11. The van der Waals surface area contributed by atoms with E-state index in [1.54, 1.807) is 0 Å². The molecule has 1 fully saturated rings. The molecule has 1 atom stereocenters. The summed E-state index contributed by atoms with van der Waals surface area (Å²) in [5.41, 5.74) is 0.256. The first-order valence-corrected chi connectivity index (χ1v) is 5.73. The fourth-order valence-corrected chi connectivity index (χ4v) is 2.72.